The lowest BCUT2D eigenvalue weighted by molar-refractivity contribution is -0.114. The summed E-state index contributed by atoms with van der Waals surface area (Å²) in [5.74, 6) is 0.856. The van der Waals surface area contributed by atoms with Gasteiger partial charge in [0.05, 0.1) is 0 Å². The second-order valence-electron chi connectivity index (χ2n) is 6.49. The Morgan fingerprint density at radius 1 is 0.759 bits per heavy atom. The van der Waals surface area contributed by atoms with Crippen molar-refractivity contribution in [3.05, 3.63) is 72.3 Å². The average molecular weight is 389 g/mol. The van der Waals surface area contributed by atoms with E-state index in [1.807, 2.05) is 48.5 Å². The molecule has 0 aromatic heterocycles. The normalized spacial score (nSPS) is 11.6. The molecule has 3 N–H and O–H groups in total. The zero-order valence-corrected chi connectivity index (χ0v) is 15.7. The predicted octanol–water partition coefficient (Wildman–Crippen LogP) is 4.37. The van der Waals surface area contributed by atoms with E-state index in [0.717, 1.165) is 17.1 Å². The van der Waals surface area contributed by atoms with Gasteiger partial charge in [-0.1, -0.05) is 6.07 Å². The van der Waals surface area contributed by atoms with Crippen LogP contribution in [0.4, 0.5) is 22.7 Å². The SMILES string of the molecule is CC(=O)Nc1cccc(Nc2ccc(NC(=O)c3ccc4c(c3)OCO4)cc2)c1. The van der Waals surface area contributed by atoms with E-state index in [4.69, 9.17) is 9.47 Å². The molecule has 7 heteroatoms. The van der Waals surface area contributed by atoms with Gasteiger partial charge in [-0.3, -0.25) is 9.59 Å². The third kappa shape index (κ3) is 4.47. The molecule has 3 aromatic rings. The van der Waals surface area contributed by atoms with Crippen LogP contribution in [-0.2, 0) is 4.79 Å². The maximum Gasteiger partial charge on any atom is 0.255 e. The van der Waals surface area contributed by atoms with Crippen LogP contribution in [0.1, 0.15) is 17.3 Å². The number of rotatable bonds is 5. The van der Waals surface area contributed by atoms with Gasteiger partial charge < -0.3 is 25.4 Å². The zero-order chi connectivity index (χ0) is 20.2. The fourth-order valence-corrected chi connectivity index (χ4v) is 2.92. The van der Waals surface area contributed by atoms with E-state index in [1.54, 1.807) is 18.2 Å². The largest absolute Gasteiger partial charge is 0.454 e. The second-order valence-corrected chi connectivity index (χ2v) is 6.49. The molecule has 0 spiro atoms. The molecule has 4 rings (SSSR count). The highest BCUT2D eigenvalue weighted by Gasteiger charge is 2.16. The summed E-state index contributed by atoms with van der Waals surface area (Å²) < 4.78 is 10.6. The van der Waals surface area contributed by atoms with Crippen molar-refractivity contribution in [2.45, 2.75) is 6.92 Å². The third-order valence-electron chi connectivity index (χ3n) is 4.25. The number of nitrogens with one attached hydrogen (secondary N) is 3. The van der Waals surface area contributed by atoms with Gasteiger partial charge in [-0.05, 0) is 60.7 Å². The van der Waals surface area contributed by atoms with Crippen LogP contribution in [0.15, 0.2) is 66.7 Å². The molecule has 146 valence electrons. The Balaban J connectivity index is 1.40. The van der Waals surface area contributed by atoms with Gasteiger partial charge in [0.2, 0.25) is 12.7 Å². The predicted molar refractivity (Wildman–Crippen MR) is 111 cm³/mol. The molecule has 0 atom stereocenters. The molecule has 0 saturated carbocycles. The van der Waals surface area contributed by atoms with Crippen LogP contribution in [0, 0.1) is 0 Å². The number of carbonyl (C=O) groups excluding carboxylic acids is 2. The van der Waals surface area contributed by atoms with Crippen molar-refractivity contribution >= 4 is 34.6 Å². The second kappa shape index (κ2) is 7.93. The highest BCUT2D eigenvalue weighted by atomic mass is 16.7. The summed E-state index contributed by atoms with van der Waals surface area (Å²) in [6, 6.07) is 19.8. The maximum atomic E-state index is 12.5. The Bertz CT molecular complexity index is 1060. The molecule has 1 heterocycles. The number of ether oxygens (including phenoxy) is 2. The first kappa shape index (κ1) is 18.4. The lowest BCUT2D eigenvalue weighted by Gasteiger charge is -2.10. The quantitative estimate of drug-likeness (QED) is 0.603. The molecule has 0 bridgehead atoms. The smallest absolute Gasteiger partial charge is 0.255 e. The van der Waals surface area contributed by atoms with E-state index < -0.39 is 0 Å². The molecule has 29 heavy (non-hydrogen) atoms. The van der Waals surface area contributed by atoms with Gasteiger partial charge in [-0.2, -0.15) is 0 Å². The number of benzene rings is 3. The maximum absolute atomic E-state index is 12.5. The molecule has 0 fully saturated rings. The zero-order valence-electron chi connectivity index (χ0n) is 15.7. The Morgan fingerprint density at radius 2 is 1.48 bits per heavy atom. The lowest BCUT2D eigenvalue weighted by atomic mass is 10.2. The van der Waals surface area contributed by atoms with Gasteiger partial charge >= 0.3 is 0 Å². The molecule has 1 aliphatic rings. The average Bonchev–Trinajstić information content (AvgIpc) is 3.17. The van der Waals surface area contributed by atoms with Gasteiger partial charge in [0.1, 0.15) is 0 Å². The molecule has 0 aliphatic carbocycles. The summed E-state index contributed by atoms with van der Waals surface area (Å²) in [4.78, 5) is 23.6. The van der Waals surface area contributed by atoms with Gasteiger partial charge in [-0.15, -0.1) is 0 Å². The number of anilines is 4. The topological polar surface area (TPSA) is 88.7 Å². The van der Waals surface area contributed by atoms with Crippen LogP contribution < -0.4 is 25.4 Å². The highest BCUT2D eigenvalue weighted by molar-refractivity contribution is 6.04. The number of hydrogen-bond donors (Lipinski definition) is 3. The number of hydrogen-bond acceptors (Lipinski definition) is 5. The fourth-order valence-electron chi connectivity index (χ4n) is 2.92. The van der Waals surface area contributed by atoms with Crippen molar-refractivity contribution in [1.29, 1.82) is 0 Å². The Kier molecular flexibility index (Phi) is 5.03. The van der Waals surface area contributed by atoms with Gasteiger partial charge in [0.25, 0.3) is 5.91 Å². The van der Waals surface area contributed by atoms with Crippen molar-refractivity contribution in [3.63, 3.8) is 0 Å². The highest BCUT2D eigenvalue weighted by Crippen LogP contribution is 2.32. The van der Waals surface area contributed by atoms with E-state index in [-0.39, 0.29) is 18.6 Å². The number of carbonyl (C=O) groups is 2. The molecule has 7 nitrogen and oxygen atoms in total. The van der Waals surface area contributed by atoms with E-state index in [2.05, 4.69) is 16.0 Å². The van der Waals surface area contributed by atoms with Gasteiger partial charge in [0, 0.05) is 35.2 Å². The molecule has 0 radical (unpaired) electrons. The Morgan fingerprint density at radius 3 is 2.28 bits per heavy atom. The molecule has 0 unspecified atom stereocenters. The molecule has 1 aliphatic heterocycles. The summed E-state index contributed by atoms with van der Waals surface area (Å²) in [6.45, 7) is 1.64. The Hall–Kier alpha value is -4.00. The summed E-state index contributed by atoms with van der Waals surface area (Å²) >= 11 is 0. The molecular weight excluding hydrogens is 370 g/mol. The van der Waals surface area contributed by atoms with Crippen LogP contribution >= 0.6 is 0 Å². The standard InChI is InChI=1S/C22H19N3O4/c1-14(26)23-18-3-2-4-19(12-18)24-16-6-8-17(9-7-16)25-22(27)15-5-10-20-21(11-15)29-13-28-20/h2-12,24H,13H2,1H3,(H,23,26)(H,25,27). The van der Waals surface area contributed by atoms with Crippen molar-refractivity contribution in [3.8, 4) is 11.5 Å². The van der Waals surface area contributed by atoms with E-state index in [9.17, 15) is 9.59 Å². The summed E-state index contributed by atoms with van der Waals surface area (Å²) in [6.07, 6.45) is 0. The summed E-state index contributed by atoms with van der Waals surface area (Å²) in [5, 5.41) is 8.87. The van der Waals surface area contributed by atoms with E-state index in [0.29, 0.717) is 22.7 Å². The first-order chi connectivity index (χ1) is 14.1. The van der Waals surface area contributed by atoms with Crippen LogP contribution in [0.25, 0.3) is 0 Å². The first-order valence-electron chi connectivity index (χ1n) is 9.02. The first-order valence-corrected chi connectivity index (χ1v) is 9.02. The van der Waals surface area contributed by atoms with E-state index >= 15 is 0 Å². The van der Waals surface area contributed by atoms with Crippen LogP contribution in [0.2, 0.25) is 0 Å². The summed E-state index contributed by atoms with van der Waals surface area (Å²) in [7, 11) is 0. The number of fused-ring (bicyclic) bond motifs is 1. The number of amides is 2. The Labute approximate surface area is 167 Å². The van der Waals surface area contributed by atoms with Crippen molar-refractivity contribution in [2.24, 2.45) is 0 Å². The molecule has 2 amide bonds. The fraction of sp³-hybridized carbons (Fsp3) is 0.0909. The van der Waals surface area contributed by atoms with Gasteiger partial charge in [-0.25, -0.2) is 0 Å². The van der Waals surface area contributed by atoms with Crippen LogP contribution in [0.3, 0.4) is 0 Å². The van der Waals surface area contributed by atoms with Crippen molar-refractivity contribution < 1.29 is 19.1 Å². The molecular formula is C22H19N3O4. The van der Waals surface area contributed by atoms with Crippen LogP contribution in [-0.4, -0.2) is 18.6 Å². The molecule has 3 aromatic carbocycles. The monoisotopic (exact) mass is 389 g/mol. The molecule has 0 saturated heterocycles. The minimum Gasteiger partial charge on any atom is -0.454 e. The van der Waals surface area contributed by atoms with Crippen molar-refractivity contribution in [1.82, 2.24) is 0 Å². The minimum atomic E-state index is -0.230. The van der Waals surface area contributed by atoms with Crippen molar-refractivity contribution in [2.75, 3.05) is 22.7 Å². The minimum absolute atomic E-state index is 0.121. The summed E-state index contributed by atoms with van der Waals surface area (Å²) in [5.41, 5.74) is 3.58. The lowest BCUT2D eigenvalue weighted by Crippen LogP contribution is -2.11. The third-order valence-corrected chi connectivity index (χ3v) is 4.25. The van der Waals surface area contributed by atoms with E-state index in [1.165, 1.54) is 6.92 Å². The van der Waals surface area contributed by atoms with Gasteiger partial charge in [0.15, 0.2) is 11.5 Å². The van der Waals surface area contributed by atoms with Crippen LogP contribution in [0.5, 0.6) is 11.5 Å².